The van der Waals surface area contributed by atoms with Crippen molar-refractivity contribution in [2.24, 2.45) is 0 Å². The molecule has 16 heteroatoms. The molecule has 0 saturated heterocycles. The molecule has 214 valence electrons. The number of carbonyl (C=O) groups excluding carboxylic acids is 4. The molecule has 0 heterocycles. The molecule has 2 aromatic rings. The van der Waals surface area contributed by atoms with Crippen molar-refractivity contribution < 1.29 is 58.8 Å². The van der Waals surface area contributed by atoms with E-state index in [9.17, 15) is 48.6 Å². The maximum absolute atomic E-state index is 13.3. The summed E-state index contributed by atoms with van der Waals surface area (Å²) in [5, 5.41) is 40.3. The predicted octanol–water partition coefficient (Wildman–Crippen LogP) is 1.31. The van der Waals surface area contributed by atoms with Gasteiger partial charge in [-0.05, 0) is 24.3 Å². The van der Waals surface area contributed by atoms with Gasteiger partial charge < -0.3 is 31.1 Å². The van der Waals surface area contributed by atoms with Crippen LogP contribution in [-0.2, 0) is 19.2 Å². The smallest absolute Gasteiger partial charge is 0.337 e. The minimum absolute atomic E-state index is 0. The number of benzene rings is 2. The first kappa shape index (κ1) is 34.2. The van der Waals surface area contributed by atoms with E-state index in [0.717, 1.165) is 24.3 Å². The van der Waals surface area contributed by atoms with Crippen molar-refractivity contribution >= 4 is 59.1 Å². The molecule has 6 amide bonds. The Morgan fingerprint density at radius 3 is 1.12 bits per heavy atom. The summed E-state index contributed by atoms with van der Waals surface area (Å²) in [5.41, 5.74) is -2.74. The van der Waals surface area contributed by atoms with E-state index in [0.29, 0.717) is 0 Å². The van der Waals surface area contributed by atoms with Crippen molar-refractivity contribution in [3.63, 3.8) is 0 Å². The van der Waals surface area contributed by atoms with Gasteiger partial charge in [0.15, 0.2) is 0 Å². The Kier molecular flexibility index (Phi) is 12.7. The number of anilines is 2. The summed E-state index contributed by atoms with van der Waals surface area (Å²) < 4.78 is 0. The fourth-order valence-corrected chi connectivity index (χ4v) is 2.97. The molecule has 0 unspecified atom stereocenters. The van der Waals surface area contributed by atoms with Crippen LogP contribution >= 0.6 is 0 Å². The maximum Gasteiger partial charge on any atom is 0.337 e. The fourth-order valence-electron chi connectivity index (χ4n) is 2.97. The number of nitrogens with one attached hydrogen (secondary N) is 2. The highest BCUT2D eigenvalue weighted by Crippen LogP contribution is 2.25. The molecule has 40 heavy (non-hydrogen) atoms. The number of hydrogen-bond donors (Lipinski definition) is 6. The molecule has 0 atom stereocenters. The lowest BCUT2D eigenvalue weighted by atomic mass is 10.1. The van der Waals surface area contributed by atoms with E-state index < -0.39 is 83.3 Å². The molecule has 0 bridgehead atoms. The number of aliphatic carboxylic acids is 2. The van der Waals surface area contributed by atoms with Crippen LogP contribution in [0.25, 0.3) is 0 Å². The zero-order chi connectivity index (χ0) is 28.6. The van der Waals surface area contributed by atoms with E-state index in [4.69, 9.17) is 10.2 Å². The van der Waals surface area contributed by atoms with Crippen molar-refractivity contribution in [1.29, 1.82) is 0 Å². The third-order valence-corrected chi connectivity index (χ3v) is 4.53. The molecular weight excluding hydrogens is 536 g/mol. The summed E-state index contributed by atoms with van der Waals surface area (Å²) in [6.07, 6.45) is 0. The number of para-hydroxylation sites is 2. The Bertz CT molecular complexity index is 1240. The molecule has 6 N–H and O–H groups in total. The number of urea groups is 2. The van der Waals surface area contributed by atoms with Gasteiger partial charge in [-0.2, -0.15) is 0 Å². The van der Waals surface area contributed by atoms with Gasteiger partial charge in [-0.3, -0.25) is 19.2 Å². The van der Waals surface area contributed by atoms with Crippen LogP contribution in [0.3, 0.4) is 0 Å². The van der Waals surface area contributed by atoms with E-state index >= 15 is 0 Å². The first-order valence-electron chi connectivity index (χ1n) is 10.2. The number of rotatable bonds is 8. The van der Waals surface area contributed by atoms with E-state index in [2.05, 4.69) is 0 Å². The van der Waals surface area contributed by atoms with Crippen LogP contribution in [0.1, 0.15) is 35.6 Å². The molecule has 2 aromatic carbocycles. The number of hydrogen-bond acceptors (Lipinski definition) is 8. The molecule has 2 rings (SSSR count). The largest absolute Gasteiger partial charge is 0.480 e. The van der Waals surface area contributed by atoms with Gasteiger partial charge in [0.1, 0.15) is 13.1 Å². The number of imide groups is 2. The number of carbonyl (C=O) groups is 8. The number of carboxylic acids is 4. The van der Waals surface area contributed by atoms with Crippen LogP contribution in [0, 0.1) is 0 Å². The topological polar surface area (TPSA) is 248 Å². The van der Waals surface area contributed by atoms with Gasteiger partial charge in [-0.15, -0.1) is 0 Å². The van der Waals surface area contributed by atoms with Gasteiger partial charge in [0.2, 0.25) is 0 Å². The summed E-state index contributed by atoms with van der Waals surface area (Å²) >= 11 is 0. The minimum atomic E-state index is -1.91. The molecule has 0 spiro atoms. The van der Waals surface area contributed by atoms with Crippen LogP contribution < -0.4 is 20.4 Å². The molecule has 0 aliphatic carbocycles. The second-order valence-corrected chi connectivity index (χ2v) is 7.03. The molecule has 0 fully saturated rings. The molecule has 0 aliphatic heterocycles. The monoisotopic (exact) mass is 562 g/mol. The second-order valence-electron chi connectivity index (χ2n) is 7.03. The Hall–Kier alpha value is -5.80. The molecule has 0 aromatic heterocycles. The van der Waals surface area contributed by atoms with Crippen molar-refractivity contribution in [3.05, 3.63) is 59.7 Å². The standard InChI is InChI=1S/C22H18N4O12.2CH4/c27-15(28)9-23-21(37)25(13-7-3-1-5-11(13)19(33)34)17(31)18(32)26(22(38)24-10-16(29)30)14-8-4-2-6-12(14)20(35)36;;/h1-8H,9-10H2,(H,23,37)(H,24,38)(H,27,28)(H,29,30)(H,33,34)(H,35,36);2*1H4. The Balaban J connectivity index is 0.00000760. The third kappa shape index (κ3) is 8.10. The fraction of sp³-hybridized carbons (Fsp3) is 0.167. The highest BCUT2D eigenvalue weighted by atomic mass is 16.4. The van der Waals surface area contributed by atoms with Crippen molar-refractivity contribution in [2.45, 2.75) is 14.9 Å². The molecular formula is C24H26N4O12. The first-order chi connectivity index (χ1) is 17.9. The average molecular weight is 562 g/mol. The molecule has 0 radical (unpaired) electrons. The van der Waals surface area contributed by atoms with Crippen molar-refractivity contribution in [3.8, 4) is 0 Å². The summed E-state index contributed by atoms with van der Waals surface area (Å²) in [6, 6.07) is 5.48. The SMILES string of the molecule is C.C.O=C(O)CNC(=O)N(C(=O)C(=O)N(C(=O)NCC(=O)O)c1ccccc1C(=O)O)c1ccccc1C(=O)O. The lowest BCUT2D eigenvalue weighted by Gasteiger charge is -2.26. The van der Waals surface area contributed by atoms with E-state index in [1.54, 1.807) is 10.6 Å². The van der Waals surface area contributed by atoms with E-state index in [-0.39, 0.29) is 24.7 Å². The van der Waals surface area contributed by atoms with Crippen LogP contribution in [0.4, 0.5) is 21.0 Å². The summed E-state index contributed by atoms with van der Waals surface area (Å²) in [6.45, 7) is -2.12. The zero-order valence-electron chi connectivity index (χ0n) is 19.0. The van der Waals surface area contributed by atoms with Gasteiger partial charge in [-0.1, -0.05) is 39.1 Å². The third-order valence-electron chi connectivity index (χ3n) is 4.53. The minimum Gasteiger partial charge on any atom is -0.480 e. The highest BCUT2D eigenvalue weighted by Gasteiger charge is 2.39. The number of amides is 6. The Labute approximate surface area is 226 Å². The number of aromatic carboxylic acids is 2. The summed E-state index contributed by atoms with van der Waals surface area (Å²) in [7, 11) is 0. The van der Waals surface area contributed by atoms with Gasteiger partial charge >= 0.3 is 47.8 Å². The second kappa shape index (κ2) is 14.8. The Morgan fingerprint density at radius 2 is 0.850 bits per heavy atom. The number of carboxylic acid groups (broad SMARTS) is 4. The molecule has 0 aliphatic rings. The van der Waals surface area contributed by atoms with Crippen LogP contribution in [0.2, 0.25) is 0 Å². The van der Waals surface area contributed by atoms with E-state index in [1.807, 2.05) is 0 Å². The molecule has 16 nitrogen and oxygen atoms in total. The van der Waals surface area contributed by atoms with Gasteiger partial charge in [0, 0.05) is 0 Å². The lowest BCUT2D eigenvalue weighted by molar-refractivity contribution is -0.137. The van der Waals surface area contributed by atoms with Crippen molar-refractivity contribution in [1.82, 2.24) is 10.6 Å². The van der Waals surface area contributed by atoms with E-state index in [1.165, 1.54) is 24.3 Å². The van der Waals surface area contributed by atoms with Gasteiger partial charge in [0.05, 0.1) is 22.5 Å². The number of nitrogens with zero attached hydrogens (tertiary/aromatic N) is 2. The lowest BCUT2D eigenvalue weighted by Crippen LogP contribution is -2.55. The van der Waals surface area contributed by atoms with Gasteiger partial charge in [-0.25, -0.2) is 29.0 Å². The Morgan fingerprint density at radius 1 is 0.550 bits per heavy atom. The highest BCUT2D eigenvalue weighted by molar-refractivity contribution is 6.52. The van der Waals surface area contributed by atoms with Crippen LogP contribution in [0.5, 0.6) is 0 Å². The quantitative estimate of drug-likeness (QED) is 0.249. The van der Waals surface area contributed by atoms with Crippen molar-refractivity contribution in [2.75, 3.05) is 22.9 Å². The van der Waals surface area contributed by atoms with Gasteiger partial charge in [0.25, 0.3) is 0 Å². The maximum atomic E-state index is 13.3. The summed E-state index contributed by atoms with van der Waals surface area (Å²) in [5.74, 6) is -10.2. The first-order valence-corrected chi connectivity index (χ1v) is 10.2. The predicted molar refractivity (Wildman–Crippen MR) is 137 cm³/mol. The van der Waals surface area contributed by atoms with Crippen LogP contribution in [-0.4, -0.2) is 81.3 Å². The molecule has 0 saturated carbocycles. The normalized spacial score (nSPS) is 9.50. The zero-order valence-corrected chi connectivity index (χ0v) is 19.0. The summed E-state index contributed by atoms with van der Waals surface area (Å²) in [4.78, 5) is 97.3. The van der Waals surface area contributed by atoms with Crippen LogP contribution in [0.15, 0.2) is 48.5 Å². The average Bonchev–Trinajstić information content (AvgIpc) is 2.86.